The summed E-state index contributed by atoms with van der Waals surface area (Å²) in [6.07, 6.45) is -0.914. The van der Waals surface area contributed by atoms with Crippen molar-refractivity contribution in [2.45, 2.75) is 64.3 Å². The molecule has 0 heterocycles. The summed E-state index contributed by atoms with van der Waals surface area (Å²) in [6.45, 7) is 5.51. The van der Waals surface area contributed by atoms with E-state index in [0.717, 1.165) is 13.0 Å². The van der Waals surface area contributed by atoms with Crippen molar-refractivity contribution in [3.8, 4) is 0 Å². The van der Waals surface area contributed by atoms with E-state index in [1.54, 1.807) is 0 Å². The number of nitrogens with one attached hydrogen (secondary N) is 1. The van der Waals surface area contributed by atoms with Gasteiger partial charge in [-0.2, -0.15) is 13.2 Å². The third-order valence-corrected chi connectivity index (χ3v) is 3.16. The Morgan fingerprint density at radius 1 is 1.24 bits per heavy atom. The average Bonchev–Trinajstić information content (AvgIpc) is 2.96. The van der Waals surface area contributed by atoms with E-state index in [1.165, 1.54) is 17.7 Å². The summed E-state index contributed by atoms with van der Waals surface area (Å²) in [5.41, 5.74) is 0. The minimum absolute atomic E-state index is 0.0390. The van der Waals surface area contributed by atoms with Gasteiger partial charge in [0.15, 0.2) is 0 Å². The van der Waals surface area contributed by atoms with Crippen LogP contribution in [-0.4, -0.2) is 42.3 Å². The molecule has 0 bridgehead atoms. The van der Waals surface area contributed by atoms with Gasteiger partial charge in [0.1, 0.15) is 0 Å². The highest BCUT2D eigenvalue weighted by molar-refractivity contribution is 4.82. The molecule has 1 atom stereocenters. The van der Waals surface area contributed by atoms with Gasteiger partial charge < -0.3 is 5.32 Å². The summed E-state index contributed by atoms with van der Waals surface area (Å²) in [7, 11) is 0. The van der Waals surface area contributed by atoms with Gasteiger partial charge >= 0.3 is 6.18 Å². The Labute approximate surface area is 102 Å². The molecule has 0 saturated heterocycles. The van der Waals surface area contributed by atoms with Crippen molar-refractivity contribution in [3.63, 3.8) is 0 Å². The van der Waals surface area contributed by atoms with Gasteiger partial charge in [-0.15, -0.1) is 0 Å². The summed E-state index contributed by atoms with van der Waals surface area (Å²) < 4.78 is 37.3. The molecule has 0 radical (unpaired) electrons. The van der Waals surface area contributed by atoms with Gasteiger partial charge in [0.05, 0.1) is 6.54 Å². The predicted molar refractivity (Wildman–Crippen MR) is 63.0 cm³/mol. The van der Waals surface area contributed by atoms with Crippen molar-refractivity contribution in [2.75, 3.05) is 13.1 Å². The fourth-order valence-corrected chi connectivity index (χ4v) is 2.00. The van der Waals surface area contributed by atoms with E-state index in [0.29, 0.717) is 6.04 Å². The topological polar surface area (TPSA) is 15.3 Å². The van der Waals surface area contributed by atoms with E-state index in [4.69, 9.17) is 0 Å². The quantitative estimate of drug-likeness (QED) is 0.749. The molecule has 1 N–H and O–H groups in total. The lowest BCUT2D eigenvalue weighted by atomic mass is 10.1. The lowest BCUT2D eigenvalue weighted by Gasteiger charge is -2.33. The highest BCUT2D eigenvalue weighted by Gasteiger charge is 2.33. The average molecular weight is 252 g/mol. The number of nitrogens with zero attached hydrogens (tertiary/aromatic N) is 1. The van der Waals surface area contributed by atoms with Crippen LogP contribution in [0.15, 0.2) is 0 Å². The molecule has 5 heteroatoms. The molecule has 0 aromatic carbocycles. The van der Waals surface area contributed by atoms with Gasteiger partial charge in [-0.05, 0) is 46.6 Å². The van der Waals surface area contributed by atoms with Crippen molar-refractivity contribution in [1.82, 2.24) is 10.2 Å². The van der Waals surface area contributed by atoms with Gasteiger partial charge in [-0.25, -0.2) is 0 Å². The number of alkyl halides is 3. The molecular weight excluding hydrogens is 229 g/mol. The molecular formula is C12H23F3N2. The normalized spacial score (nSPS) is 19.1. The number of hydrogen-bond donors (Lipinski definition) is 1. The SMILES string of the molecule is CC(C)N(CC(F)(F)F)C(C)CCNC1CC1. The number of hydrogen-bond acceptors (Lipinski definition) is 2. The lowest BCUT2D eigenvalue weighted by molar-refractivity contribution is -0.154. The molecule has 0 aromatic rings. The first-order valence-electron chi connectivity index (χ1n) is 6.35. The molecule has 0 amide bonds. The van der Waals surface area contributed by atoms with Crippen LogP contribution in [0.25, 0.3) is 0 Å². The molecule has 102 valence electrons. The van der Waals surface area contributed by atoms with Crippen LogP contribution in [0.5, 0.6) is 0 Å². The smallest absolute Gasteiger partial charge is 0.314 e. The molecule has 0 aromatic heterocycles. The van der Waals surface area contributed by atoms with Crippen LogP contribution in [0.3, 0.4) is 0 Å². The Hall–Kier alpha value is -0.290. The monoisotopic (exact) mass is 252 g/mol. The van der Waals surface area contributed by atoms with Crippen molar-refractivity contribution in [2.24, 2.45) is 0 Å². The Kier molecular flexibility index (Phi) is 5.25. The van der Waals surface area contributed by atoms with Gasteiger partial charge in [0.25, 0.3) is 0 Å². The molecule has 17 heavy (non-hydrogen) atoms. The fraction of sp³-hybridized carbons (Fsp3) is 1.00. The Bertz CT molecular complexity index is 224. The highest BCUT2D eigenvalue weighted by atomic mass is 19.4. The van der Waals surface area contributed by atoms with E-state index in [-0.39, 0.29) is 12.1 Å². The molecule has 0 spiro atoms. The Morgan fingerprint density at radius 3 is 2.24 bits per heavy atom. The molecule has 1 rings (SSSR count). The fourth-order valence-electron chi connectivity index (χ4n) is 2.00. The predicted octanol–water partition coefficient (Wildman–Crippen LogP) is 2.79. The maximum absolute atomic E-state index is 12.4. The lowest BCUT2D eigenvalue weighted by Crippen LogP contribution is -2.45. The maximum Gasteiger partial charge on any atom is 0.401 e. The molecule has 2 nitrogen and oxygen atoms in total. The summed E-state index contributed by atoms with van der Waals surface area (Å²) in [6, 6.07) is 0.507. The van der Waals surface area contributed by atoms with Gasteiger partial charge in [0.2, 0.25) is 0 Å². The third-order valence-electron chi connectivity index (χ3n) is 3.16. The van der Waals surface area contributed by atoms with Gasteiger partial charge in [0, 0.05) is 18.1 Å². The van der Waals surface area contributed by atoms with Crippen LogP contribution >= 0.6 is 0 Å². The van der Waals surface area contributed by atoms with Crippen LogP contribution < -0.4 is 5.32 Å². The second-order valence-corrected chi connectivity index (χ2v) is 5.25. The largest absolute Gasteiger partial charge is 0.401 e. The van der Waals surface area contributed by atoms with E-state index in [1.807, 2.05) is 20.8 Å². The zero-order chi connectivity index (χ0) is 13.1. The molecule has 1 saturated carbocycles. The van der Waals surface area contributed by atoms with Crippen LogP contribution in [-0.2, 0) is 0 Å². The molecule has 1 fully saturated rings. The first-order valence-corrected chi connectivity index (χ1v) is 6.35. The van der Waals surface area contributed by atoms with Crippen LogP contribution in [0.1, 0.15) is 40.0 Å². The molecule has 1 aliphatic rings. The van der Waals surface area contributed by atoms with Crippen LogP contribution in [0, 0.1) is 0 Å². The first-order chi connectivity index (χ1) is 7.79. The second kappa shape index (κ2) is 6.05. The van der Waals surface area contributed by atoms with Crippen molar-refractivity contribution in [3.05, 3.63) is 0 Å². The Balaban J connectivity index is 2.33. The van der Waals surface area contributed by atoms with E-state index >= 15 is 0 Å². The minimum Gasteiger partial charge on any atom is -0.314 e. The summed E-state index contributed by atoms with van der Waals surface area (Å²) >= 11 is 0. The van der Waals surface area contributed by atoms with Crippen molar-refractivity contribution in [1.29, 1.82) is 0 Å². The van der Waals surface area contributed by atoms with Gasteiger partial charge in [-0.3, -0.25) is 4.90 Å². The standard InChI is InChI=1S/C12H23F3N2/c1-9(2)17(8-12(13,14)15)10(3)6-7-16-11-4-5-11/h9-11,16H,4-8H2,1-3H3. The zero-order valence-electron chi connectivity index (χ0n) is 10.8. The number of rotatable bonds is 7. The number of halogens is 3. The Morgan fingerprint density at radius 2 is 1.82 bits per heavy atom. The highest BCUT2D eigenvalue weighted by Crippen LogP contribution is 2.21. The van der Waals surface area contributed by atoms with E-state index in [2.05, 4.69) is 5.32 Å². The second-order valence-electron chi connectivity index (χ2n) is 5.25. The molecule has 1 unspecified atom stereocenters. The summed E-state index contributed by atoms with van der Waals surface area (Å²) in [5, 5.41) is 3.34. The molecule has 1 aliphatic carbocycles. The summed E-state index contributed by atoms with van der Waals surface area (Å²) in [5.74, 6) is 0. The zero-order valence-corrected chi connectivity index (χ0v) is 10.8. The third kappa shape index (κ3) is 6.27. The molecule has 0 aliphatic heterocycles. The minimum atomic E-state index is -4.11. The first kappa shape index (κ1) is 14.8. The van der Waals surface area contributed by atoms with Crippen LogP contribution in [0.4, 0.5) is 13.2 Å². The van der Waals surface area contributed by atoms with E-state index < -0.39 is 12.7 Å². The van der Waals surface area contributed by atoms with Gasteiger partial charge in [-0.1, -0.05) is 0 Å². The summed E-state index contributed by atoms with van der Waals surface area (Å²) in [4.78, 5) is 1.52. The van der Waals surface area contributed by atoms with Crippen molar-refractivity contribution >= 4 is 0 Å². The maximum atomic E-state index is 12.4. The van der Waals surface area contributed by atoms with Crippen LogP contribution in [0.2, 0.25) is 0 Å². The van der Waals surface area contributed by atoms with E-state index in [9.17, 15) is 13.2 Å². The van der Waals surface area contributed by atoms with Crippen molar-refractivity contribution < 1.29 is 13.2 Å².